The number of hydrogen-bond acceptors (Lipinski definition) is 3. The third-order valence-corrected chi connectivity index (χ3v) is 2.44. The van der Waals surface area contributed by atoms with E-state index in [2.05, 4.69) is 23.1 Å². The Kier molecular flexibility index (Phi) is 5.36. The SMILES string of the molecule is CCCCN(CCN)Cc1cnn(C)c1. The van der Waals surface area contributed by atoms with Gasteiger partial charge in [0.15, 0.2) is 0 Å². The van der Waals surface area contributed by atoms with E-state index in [9.17, 15) is 0 Å². The van der Waals surface area contributed by atoms with Gasteiger partial charge < -0.3 is 5.73 Å². The number of nitrogens with zero attached hydrogens (tertiary/aromatic N) is 3. The van der Waals surface area contributed by atoms with Gasteiger partial charge in [-0.1, -0.05) is 13.3 Å². The van der Waals surface area contributed by atoms with Gasteiger partial charge in [0.05, 0.1) is 6.20 Å². The summed E-state index contributed by atoms with van der Waals surface area (Å²) in [5.74, 6) is 0. The van der Waals surface area contributed by atoms with Crippen LogP contribution in [0.4, 0.5) is 0 Å². The number of rotatable bonds is 7. The summed E-state index contributed by atoms with van der Waals surface area (Å²) in [4.78, 5) is 2.39. The molecule has 0 aliphatic heterocycles. The van der Waals surface area contributed by atoms with Gasteiger partial charge in [0, 0.05) is 38.4 Å². The molecule has 0 bridgehead atoms. The molecule has 4 nitrogen and oxygen atoms in total. The van der Waals surface area contributed by atoms with E-state index in [0.29, 0.717) is 0 Å². The Bertz CT molecular complexity index is 269. The zero-order valence-electron chi connectivity index (χ0n) is 9.82. The number of nitrogens with two attached hydrogens (primary N) is 1. The van der Waals surface area contributed by atoms with Crippen molar-refractivity contribution in [1.82, 2.24) is 14.7 Å². The molecule has 2 N–H and O–H groups in total. The van der Waals surface area contributed by atoms with Crippen LogP contribution in [0, 0.1) is 0 Å². The average Bonchev–Trinajstić information content (AvgIpc) is 2.61. The summed E-state index contributed by atoms with van der Waals surface area (Å²) in [7, 11) is 1.95. The molecule has 0 spiro atoms. The van der Waals surface area contributed by atoms with Crippen molar-refractivity contribution >= 4 is 0 Å². The first-order valence-electron chi connectivity index (χ1n) is 5.66. The number of aromatic nitrogens is 2. The van der Waals surface area contributed by atoms with Crippen LogP contribution in [0.3, 0.4) is 0 Å². The van der Waals surface area contributed by atoms with Crippen LogP contribution < -0.4 is 5.73 Å². The van der Waals surface area contributed by atoms with Crippen molar-refractivity contribution in [2.75, 3.05) is 19.6 Å². The molecule has 1 heterocycles. The molecule has 0 amide bonds. The Morgan fingerprint density at radius 1 is 1.47 bits per heavy atom. The van der Waals surface area contributed by atoms with Crippen LogP contribution in [0.5, 0.6) is 0 Å². The molecular formula is C11H22N4. The summed E-state index contributed by atoms with van der Waals surface area (Å²) in [6.45, 7) is 6.00. The predicted octanol–water partition coefficient (Wildman–Crippen LogP) is 0.981. The van der Waals surface area contributed by atoms with Crippen LogP contribution in [-0.2, 0) is 13.6 Å². The van der Waals surface area contributed by atoms with Gasteiger partial charge in [-0.25, -0.2) is 0 Å². The first-order valence-corrected chi connectivity index (χ1v) is 5.66. The smallest absolute Gasteiger partial charge is 0.0534 e. The number of hydrogen-bond donors (Lipinski definition) is 1. The largest absolute Gasteiger partial charge is 0.329 e. The highest BCUT2D eigenvalue weighted by molar-refractivity contribution is 5.03. The molecule has 0 saturated carbocycles. The molecule has 0 aliphatic rings. The Balaban J connectivity index is 2.42. The van der Waals surface area contributed by atoms with Crippen LogP contribution in [-0.4, -0.2) is 34.3 Å². The van der Waals surface area contributed by atoms with Crippen molar-refractivity contribution in [2.45, 2.75) is 26.3 Å². The molecule has 0 fully saturated rings. The summed E-state index contributed by atoms with van der Waals surface area (Å²) in [5, 5.41) is 4.17. The van der Waals surface area contributed by atoms with Gasteiger partial charge in [-0.15, -0.1) is 0 Å². The maximum absolute atomic E-state index is 5.60. The molecule has 1 aromatic heterocycles. The highest BCUT2D eigenvalue weighted by atomic mass is 15.2. The van der Waals surface area contributed by atoms with Gasteiger partial charge in [0.2, 0.25) is 0 Å². The second-order valence-electron chi connectivity index (χ2n) is 3.94. The van der Waals surface area contributed by atoms with Crippen LogP contribution in [0.1, 0.15) is 25.3 Å². The lowest BCUT2D eigenvalue weighted by Crippen LogP contribution is -2.29. The van der Waals surface area contributed by atoms with E-state index in [1.54, 1.807) is 0 Å². The summed E-state index contributed by atoms with van der Waals surface area (Å²) >= 11 is 0. The topological polar surface area (TPSA) is 47.1 Å². The lowest BCUT2D eigenvalue weighted by atomic mass is 10.2. The van der Waals surface area contributed by atoms with Gasteiger partial charge in [0.1, 0.15) is 0 Å². The zero-order chi connectivity index (χ0) is 11.1. The summed E-state index contributed by atoms with van der Waals surface area (Å²) in [6, 6.07) is 0. The number of unbranched alkanes of at least 4 members (excludes halogenated alkanes) is 1. The van der Waals surface area contributed by atoms with Crippen molar-refractivity contribution < 1.29 is 0 Å². The maximum Gasteiger partial charge on any atom is 0.0534 e. The van der Waals surface area contributed by atoms with Crippen molar-refractivity contribution in [3.8, 4) is 0 Å². The van der Waals surface area contributed by atoms with E-state index >= 15 is 0 Å². The van der Waals surface area contributed by atoms with Crippen LogP contribution >= 0.6 is 0 Å². The van der Waals surface area contributed by atoms with E-state index in [4.69, 9.17) is 5.73 Å². The van der Waals surface area contributed by atoms with Crippen LogP contribution in [0.2, 0.25) is 0 Å². The Morgan fingerprint density at radius 3 is 2.80 bits per heavy atom. The van der Waals surface area contributed by atoms with E-state index in [1.165, 1.54) is 18.4 Å². The zero-order valence-corrected chi connectivity index (χ0v) is 9.82. The molecular weight excluding hydrogens is 188 g/mol. The van der Waals surface area contributed by atoms with Crippen LogP contribution in [0.15, 0.2) is 12.4 Å². The monoisotopic (exact) mass is 210 g/mol. The molecule has 86 valence electrons. The lowest BCUT2D eigenvalue weighted by Gasteiger charge is -2.20. The average molecular weight is 210 g/mol. The molecule has 0 aliphatic carbocycles. The van der Waals surface area contributed by atoms with E-state index in [0.717, 1.165) is 26.2 Å². The Morgan fingerprint density at radius 2 is 2.27 bits per heavy atom. The minimum absolute atomic E-state index is 0.726. The minimum Gasteiger partial charge on any atom is -0.329 e. The summed E-state index contributed by atoms with van der Waals surface area (Å²) < 4.78 is 1.84. The second kappa shape index (κ2) is 6.58. The van der Waals surface area contributed by atoms with Gasteiger partial charge in [-0.05, 0) is 13.0 Å². The normalized spacial score (nSPS) is 11.2. The van der Waals surface area contributed by atoms with E-state index < -0.39 is 0 Å². The Labute approximate surface area is 92.1 Å². The lowest BCUT2D eigenvalue weighted by molar-refractivity contribution is 0.268. The molecule has 15 heavy (non-hydrogen) atoms. The third kappa shape index (κ3) is 4.44. The Hall–Kier alpha value is -0.870. The van der Waals surface area contributed by atoms with Gasteiger partial charge in [0.25, 0.3) is 0 Å². The predicted molar refractivity (Wildman–Crippen MR) is 62.4 cm³/mol. The highest BCUT2D eigenvalue weighted by Gasteiger charge is 2.05. The first kappa shape index (κ1) is 12.2. The van der Waals surface area contributed by atoms with Gasteiger partial charge in [-0.3, -0.25) is 9.58 Å². The first-order chi connectivity index (χ1) is 7.26. The second-order valence-corrected chi connectivity index (χ2v) is 3.94. The van der Waals surface area contributed by atoms with E-state index in [1.807, 2.05) is 17.9 Å². The van der Waals surface area contributed by atoms with Gasteiger partial charge in [-0.2, -0.15) is 5.10 Å². The molecule has 0 atom stereocenters. The van der Waals surface area contributed by atoms with Gasteiger partial charge >= 0.3 is 0 Å². The summed E-state index contributed by atoms with van der Waals surface area (Å²) in [5.41, 5.74) is 6.86. The molecule has 0 aromatic carbocycles. The van der Waals surface area contributed by atoms with Crippen molar-refractivity contribution in [1.29, 1.82) is 0 Å². The van der Waals surface area contributed by atoms with Crippen molar-refractivity contribution in [3.63, 3.8) is 0 Å². The third-order valence-electron chi connectivity index (χ3n) is 2.44. The quantitative estimate of drug-likeness (QED) is 0.730. The standard InChI is InChI=1S/C11H22N4/c1-3-4-6-15(7-5-12)10-11-8-13-14(2)9-11/h8-9H,3-7,10,12H2,1-2H3. The fourth-order valence-electron chi connectivity index (χ4n) is 1.65. The minimum atomic E-state index is 0.726. The fourth-order valence-corrected chi connectivity index (χ4v) is 1.65. The molecule has 0 radical (unpaired) electrons. The van der Waals surface area contributed by atoms with Crippen LogP contribution in [0.25, 0.3) is 0 Å². The van der Waals surface area contributed by atoms with Crippen molar-refractivity contribution in [2.24, 2.45) is 12.8 Å². The molecule has 0 unspecified atom stereocenters. The summed E-state index contributed by atoms with van der Waals surface area (Å²) in [6.07, 6.45) is 6.46. The molecule has 1 rings (SSSR count). The molecule has 0 saturated heterocycles. The molecule has 4 heteroatoms. The van der Waals surface area contributed by atoms with E-state index in [-0.39, 0.29) is 0 Å². The van der Waals surface area contributed by atoms with Crippen molar-refractivity contribution in [3.05, 3.63) is 18.0 Å². The molecule has 1 aromatic rings. The number of aryl methyl sites for hydroxylation is 1. The maximum atomic E-state index is 5.60. The highest BCUT2D eigenvalue weighted by Crippen LogP contribution is 2.04. The fraction of sp³-hybridized carbons (Fsp3) is 0.727.